The van der Waals surface area contributed by atoms with Gasteiger partial charge in [0.05, 0.1) is 5.92 Å². The normalized spacial score (nSPS) is 14.0. The Balaban J connectivity index is 1.61. The van der Waals surface area contributed by atoms with Gasteiger partial charge in [0.25, 0.3) is 0 Å². The number of carbonyl (C=O) groups excluding carboxylic acids is 8. The molecule has 11 nitrogen and oxygen atoms in total. The first-order valence-corrected chi connectivity index (χ1v) is 23.8. The molecule has 2 N–H and O–H groups in total. The van der Waals surface area contributed by atoms with Gasteiger partial charge in [0.2, 0.25) is 0 Å². The molecule has 4 rings (SSSR count). The summed E-state index contributed by atoms with van der Waals surface area (Å²) in [6.45, 7) is 15.4. The third-order valence-corrected chi connectivity index (χ3v) is 13.6. The first-order chi connectivity index (χ1) is 32.0. The van der Waals surface area contributed by atoms with Crippen LogP contribution in [-0.4, -0.2) is 68.0 Å². The Morgan fingerprint density at radius 2 is 0.855 bits per heavy atom. The number of hydrogen-bond donors (Lipinski definition) is 2. The molecular formula is C58H70O11. The SMILES string of the molecule is CC(CC(=O)C(C)(C)CC(=O)C(CC(=O)C(C)(C)CC(=O)C(CC(=O)C(C)(C)CC(=O)C(C)CC(=O)C(C)(C)O)Cc1ccc2ccccc2c1)Cc1ccc(C(=O)c2ccccc2)cc1)C(=O)O. The average Bonchev–Trinajstić information content (AvgIpc) is 3.27. The van der Waals surface area contributed by atoms with E-state index in [4.69, 9.17) is 0 Å². The highest BCUT2D eigenvalue weighted by Crippen LogP contribution is 2.35. The molecule has 0 aliphatic heterocycles. The van der Waals surface area contributed by atoms with Crippen LogP contribution in [0.5, 0.6) is 0 Å². The lowest BCUT2D eigenvalue weighted by Gasteiger charge is -2.30. The molecule has 0 aromatic heterocycles. The number of rotatable bonds is 28. The van der Waals surface area contributed by atoms with E-state index < -0.39 is 63.1 Å². The third-order valence-electron chi connectivity index (χ3n) is 13.6. The fraction of sp³-hybridized carbons (Fsp3) is 0.466. The summed E-state index contributed by atoms with van der Waals surface area (Å²) in [6, 6.07) is 29.1. The van der Waals surface area contributed by atoms with Crippen molar-refractivity contribution in [1.82, 2.24) is 0 Å². The van der Waals surface area contributed by atoms with Crippen LogP contribution in [0.15, 0.2) is 97.1 Å². The van der Waals surface area contributed by atoms with Crippen molar-refractivity contribution in [2.75, 3.05) is 0 Å². The predicted octanol–water partition coefficient (Wildman–Crippen LogP) is 10.0. The highest BCUT2D eigenvalue weighted by molar-refractivity contribution is 6.09. The first kappa shape index (κ1) is 55.5. The van der Waals surface area contributed by atoms with E-state index in [2.05, 4.69) is 0 Å². The lowest BCUT2D eigenvalue weighted by Crippen LogP contribution is -2.37. The number of aliphatic carboxylic acids is 1. The topological polar surface area (TPSA) is 194 Å². The highest BCUT2D eigenvalue weighted by Gasteiger charge is 2.41. The van der Waals surface area contributed by atoms with E-state index >= 15 is 0 Å². The lowest BCUT2D eigenvalue weighted by molar-refractivity contribution is -0.144. The van der Waals surface area contributed by atoms with Gasteiger partial charge in [0.15, 0.2) is 11.6 Å². The standard InChI is InChI=1S/C58H70O11/c1-36(26-52(65)58(9,10)69)46(59)33-55(3,4)50(63)32-45(30-39-22-23-40-16-14-15-19-43(40)29-39)48(61)35-57(7,8)51(64)31-44(47(60)34-56(5,6)49(62)27-37(2)54(67)68)28-38-20-24-42(25-21-38)53(66)41-17-12-11-13-18-41/h11-25,29,36-37,44-45,69H,26-28,30-35H2,1-10H3,(H,67,68). The zero-order valence-electron chi connectivity index (χ0n) is 42.0. The van der Waals surface area contributed by atoms with Crippen molar-refractivity contribution in [3.8, 4) is 0 Å². The van der Waals surface area contributed by atoms with Gasteiger partial charge in [-0.3, -0.25) is 43.2 Å². The Labute approximate surface area is 406 Å². The molecule has 0 aliphatic carbocycles. The molecule has 4 aromatic rings. The quantitative estimate of drug-likeness (QED) is 0.0515. The molecule has 0 heterocycles. The van der Waals surface area contributed by atoms with Gasteiger partial charge in [0, 0.05) is 90.1 Å². The summed E-state index contributed by atoms with van der Waals surface area (Å²) in [7, 11) is 0. The maximum atomic E-state index is 14.6. The number of ketones is 8. The second-order valence-corrected chi connectivity index (χ2v) is 21.7. The van der Waals surface area contributed by atoms with E-state index in [-0.39, 0.29) is 92.5 Å². The Hall–Kier alpha value is -6.07. The molecule has 11 heteroatoms. The molecule has 69 heavy (non-hydrogen) atoms. The van der Waals surface area contributed by atoms with E-state index in [0.717, 1.165) is 16.3 Å². The van der Waals surface area contributed by atoms with Gasteiger partial charge in [-0.1, -0.05) is 152 Å². The van der Waals surface area contributed by atoms with E-state index in [9.17, 15) is 53.4 Å². The van der Waals surface area contributed by atoms with Crippen molar-refractivity contribution in [2.45, 2.75) is 133 Å². The van der Waals surface area contributed by atoms with Crippen LogP contribution in [0.3, 0.4) is 0 Å². The predicted molar refractivity (Wildman–Crippen MR) is 266 cm³/mol. The third kappa shape index (κ3) is 15.7. The van der Waals surface area contributed by atoms with Gasteiger partial charge in [-0.2, -0.15) is 0 Å². The monoisotopic (exact) mass is 942 g/mol. The molecule has 368 valence electrons. The van der Waals surface area contributed by atoms with Gasteiger partial charge in [-0.05, 0) is 48.6 Å². The minimum atomic E-state index is -1.61. The van der Waals surface area contributed by atoms with Crippen molar-refractivity contribution < 1.29 is 53.4 Å². The smallest absolute Gasteiger partial charge is 0.306 e. The zero-order chi connectivity index (χ0) is 51.6. The van der Waals surface area contributed by atoms with E-state index in [1.54, 1.807) is 97.0 Å². The summed E-state index contributed by atoms with van der Waals surface area (Å²) in [6.07, 6.45) is -1.41. The Kier molecular flexibility index (Phi) is 18.5. The van der Waals surface area contributed by atoms with Gasteiger partial charge in [0.1, 0.15) is 40.3 Å². The van der Waals surface area contributed by atoms with Crippen molar-refractivity contribution in [1.29, 1.82) is 0 Å². The van der Waals surface area contributed by atoms with Crippen molar-refractivity contribution >= 4 is 63.0 Å². The Morgan fingerprint density at radius 3 is 1.35 bits per heavy atom. The zero-order valence-corrected chi connectivity index (χ0v) is 42.0. The molecule has 0 radical (unpaired) electrons. The molecule has 0 saturated carbocycles. The molecule has 0 spiro atoms. The molecule has 0 fully saturated rings. The molecule has 0 saturated heterocycles. The maximum Gasteiger partial charge on any atom is 0.306 e. The number of benzene rings is 4. The molecular weight excluding hydrogens is 873 g/mol. The van der Waals surface area contributed by atoms with Crippen LogP contribution in [0.4, 0.5) is 0 Å². The van der Waals surface area contributed by atoms with Gasteiger partial charge >= 0.3 is 5.97 Å². The molecule has 4 atom stereocenters. The second kappa shape index (κ2) is 23.0. The molecule has 0 amide bonds. The van der Waals surface area contributed by atoms with Crippen LogP contribution in [0.25, 0.3) is 10.8 Å². The number of fused-ring (bicyclic) bond motifs is 1. The summed E-state index contributed by atoms with van der Waals surface area (Å²) in [5.41, 5.74) is -2.98. The van der Waals surface area contributed by atoms with Crippen molar-refractivity contribution in [3.05, 3.63) is 119 Å². The maximum absolute atomic E-state index is 14.6. The van der Waals surface area contributed by atoms with Gasteiger partial charge < -0.3 is 10.2 Å². The van der Waals surface area contributed by atoms with Gasteiger partial charge in [-0.25, -0.2) is 0 Å². The molecule has 0 aliphatic rings. The Bertz CT molecular complexity index is 2550. The number of carboxylic acids is 1. The van der Waals surface area contributed by atoms with E-state index in [1.165, 1.54) is 20.8 Å². The van der Waals surface area contributed by atoms with Crippen LogP contribution in [0, 0.1) is 39.9 Å². The van der Waals surface area contributed by atoms with Crippen LogP contribution in [0.1, 0.15) is 141 Å². The molecule has 0 bridgehead atoms. The summed E-state index contributed by atoms with van der Waals surface area (Å²) in [4.78, 5) is 122. The summed E-state index contributed by atoms with van der Waals surface area (Å²) in [5, 5.41) is 21.5. The number of carbonyl (C=O) groups is 9. The Morgan fingerprint density at radius 1 is 0.449 bits per heavy atom. The first-order valence-electron chi connectivity index (χ1n) is 23.8. The second-order valence-electron chi connectivity index (χ2n) is 21.7. The molecule has 4 unspecified atom stereocenters. The summed E-state index contributed by atoms with van der Waals surface area (Å²) < 4.78 is 0. The van der Waals surface area contributed by atoms with Crippen LogP contribution in [0.2, 0.25) is 0 Å². The number of hydrogen-bond acceptors (Lipinski definition) is 10. The van der Waals surface area contributed by atoms with Crippen molar-refractivity contribution in [2.24, 2.45) is 39.9 Å². The van der Waals surface area contributed by atoms with Crippen LogP contribution < -0.4 is 0 Å². The van der Waals surface area contributed by atoms with Crippen molar-refractivity contribution in [3.63, 3.8) is 0 Å². The van der Waals surface area contributed by atoms with E-state index in [0.29, 0.717) is 16.7 Å². The summed E-state index contributed by atoms with van der Waals surface area (Å²) in [5.74, 6) is -7.52. The van der Waals surface area contributed by atoms with Gasteiger partial charge in [-0.15, -0.1) is 0 Å². The molecule has 4 aromatic carbocycles. The fourth-order valence-electron chi connectivity index (χ4n) is 8.43. The minimum Gasteiger partial charge on any atom is -0.481 e. The fourth-order valence-corrected chi connectivity index (χ4v) is 8.43. The average molecular weight is 943 g/mol. The number of Topliss-reactive ketones (excluding diaryl/α,β-unsaturated/α-hetero) is 7. The summed E-state index contributed by atoms with van der Waals surface area (Å²) >= 11 is 0. The highest BCUT2D eigenvalue weighted by atomic mass is 16.4. The minimum absolute atomic E-state index is 0.0850. The largest absolute Gasteiger partial charge is 0.481 e. The van der Waals surface area contributed by atoms with Crippen LogP contribution in [-0.2, 0) is 51.2 Å². The number of carboxylic acid groups (broad SMARTS) is 1. The van der Waals surface area contributed by atoms with E-state index in [1.807, 2.05) is 48.5 Å². The van der Waals surface area contributed by atoms with Crippen LogP contribution >= 0.6 is 0 Å². The number of aliphatic hydroxyl groups is 1. The lowest BCUT2D eigenvalue weighted by atomic mass is 9.71.